The molecule has 1 amide bonds. The molecule has 0 fully saturated rings. The first kappa shape index (κ1) is 30.4. The molecule has 0 aliphatic heterocycles. The molecule has 0 bridgehead atoms. The number of nitrogens with one attached hydrogen (secondary N) is 1. The van der Waals surface area contributed by atoms with Crippen LogP contribution in [0.2, 0.25) is 0 Å². The summed E-state index contributed by atoms with van der Waals surface area (Å²) in [4.78, 5) is 33.5. The second-order valence-electron chi connectivity index (χ2n) is 9.81. The lowest BCUT2D eigenvalue weighted by Crippen LogP contribution is -2.43. The van der Waals surface area contributed by atoms with E-state index in [1.165, 1.54) is 12.1 Å². The van der Waals surface area contributed by atoms with Gasteiger partial charge in [0, 0.05) is 18.2 Å². The van der Waals surface area contributed by atoms with Crippen molar-refractivity contribution in [1.29, 1.82) is 0 Å². The van der Waals surface area contributed by atoms with Gasteiger partial charge in [0.1, 0.15) is 29.5 Å². The Morgan fingerprint density at radius 2 is 1.73 bits per heavy atom. The average molecular weight is 571 g/mol. The number of amides is 1. The van der Waals surface area contributed by atoms with Crippen LogP contribution in [-0.4, -0.2) is 67.7 Å². The molecule has 0 spiro atoms. The maximum atomic E-state index is 13.4. The summed E-state index contributed by atoms with van der Waals surface area (Å²) in [6.45, 7) is 6.21. The molecule has 11 nitrogen and oxygen atoms in total. The Kier molecular flexibility index (Phi) is 9.69. The van der Waals surface area contributed by atoms with Crippen LogP contribution in [-0.2, 0) is 30.7 Å². The second-order valence-corrected chi connectivity index (χ2v) is 11.7. The van der Waals surface area contributed by atoms with E-state index in [0.29, 0.717) is 34.5 Å². The summed E-state index contributed by atoms with van der Waals surface area (Å²) < 4.78 is 42.3. The number of nitrogens with zero attached hydrogens (tertiary/aromatic N) is 3. The highest BCUT2D eigenvalue weighted by molar-refractivity contribution is 7.89. The van der Waals surface area contributed by atoms with Crippen molar-refractivity contribution >= 4 is 27.9 Å². The number of ether oxygens (including phenoxy) is 3. The molecule has 0 radical (unpaired) electrons. The first-order valence-corrected chi connectivity index (χ1v) is 13.9. The smallest absolute Gasteiger partial charge is 0.424 e. The summed E-state index contributed by atoms with van der Waals surface area (Å²) in [6, 6.07) is 15.5. The molecule has 40 heavy (non-hydrogen) atoms. The van der Waals surface area contributed by atoms with Crippen LogP contribution < -0.4 is 10.1 Å². The normalized spacial score (nSPS) is 11.4. The number of rotatable bonds is 10. The molecular weight excluding hydrogens is 536 g/mol. The Hall–Kier alpha value is -4.19. The van der Waals surface area contributed by atoms with Gasteiger partial charge in [-0.3, -0.25) is 4.79 Å². The van der Waals surface area contributed by atoms with Gasteiger partial charge in [-0.2, -0.15) is 4.31 Å². The predicted octanol–water partition coefficient (Wildman–Crippen LogP) is 4.21. The minimum absolute atomic E-state index is 0.155. The average Bonchev–Trinajstić information content (AvgIpc) is 2.90. The Morgan fingerprint density at radius 3 is 2.40 bits per heavy atom. The van der Waals surface area contributed by atoms with Gasteiger partial charge in [-0.25, -0.2) is 23.2 Å². The standard InChI is InChI=1S/C28H34N4O7S/c1-19-30-24(21-10-8-11-22(16-21)37-5)17-25(31-19)29-14-13-20-9-7-12-23(15-20)40(35,36)32(18-26(33)38-6)27(34)39-28(2,3)4/h7-12,15-17H,13-14,18H2,1-6H3,(H,29,30,31). The van der Waals surface area contributed by atoms with Crippen LogP contribution in [0.3, 0.4) is 0 Å². The zero-order valence-corrected chi connectivity index (χ0v) is 24.2. The highest BCUT2D eigenvalue weighted by Gasteiger charge is 2.35. The number of aromatic nitrogens is 2. The molecule has 214 valence electrons. The minimum Gasteiger partial charge on any atom is -0.497 e. The van der Waals surface area contributed by atoms with E-state index in [-0.39, 0.29) is 4.90 Å². The zero-order valence-electron chi connectivity index (χ0n) is 23.4. The number of carbonyl (C=O) groups is 2. The van der Waals surface area contributed by atoms with Crippen molar-refractivity contribution in [3.8, 4) is 17.0 Å². The quantitative estimate of drug-likeness (QED) is 0.353. The predicted molar refractivity (Wildman–Crippen MR) is 150 cm³/mol. The molecule has 0 aliphatic rings. The number of carbonyl (C=O) groups excluding carboxylic acids is 2. The number of esters is 1. The van der Waals surface area contributed by atoms with Crippen molar-refractivity contribution < 1.29 is 32.2 Å². The van der Waals surface area contributed by atoms with E-state index < -0.39 is 34.2 Å². The fourth-order valence-electron chi connectivity index (χ4n) is 3.65. The van der Waals surface area contributed by atoms with Gasteiger partial charge in [0.05, 0.1) is 24.8 Å². The molecule has 1 heterocycles. The second kappa shape index (κ2) is 12.8. The van der Waals surface area contributed by atoms with E-state index in [1.54, 1.807) is 46.9 Å². The van der Waals surface area contributed by atoms with Gasteiger partial charge in [0.15, 0.2) is 0 Å². The van der Waals surface area contributed by atoms with Crippen LogP contribution in [0.4, 0.5) is 10.6 Å². The molecule has 3 rings (SSSR count). The summed E-state index contributed by atoms with van der Waals surface area (Å²) in [5.41, 5.74) is 1.33. The van der Waals surface area contributed by atoms with Crippen molar-refractivity contribution in [2.75, 3.05) is 32.6 Å². The van der Waals surface area contributed by atoms with Crippen molar-refractivity contribution in [3.05, 3.63) is 66.0 Å². The van der Waals surface area contributed by atoms with Crippen LogP contribution in [0.15, 0.2) is 59.5 Å². The fraction of sp³-hybridized carbons (Fsp3) is 0.357. The molecule has 3 aromatic rings. The molecule has 0 saturated carbocycles. The molecule has 0 saturated heterocycles. The van der Waals surface area contributed by atoms with E-state index in [2.05, 4.69) is 20.0 Å². The first-order chi connectivity index (χ1) is 18.8. The number of sulfonamides is 1. The van der Waals surface area contributed by atoms with Crippen molar-refractivity contribution in [2.45, 2.75) is 44.6 Å². The molecule has 12 heteroatoms. The number of anilines is 1. The van der Waals surface area contributed by atoms with Gasteiger partial charge in [-0.05, 0) is 63.9 Å². The lowest BCUT2D eigenvalue weighted by Gasteiger charge is -2.26. The summed E-state index contributed by atoms with van der Waals surface area (Å²) in [6.07, 6.45) is -0.722. The zero-order chi connectivity index (χ0) is 29.5. The summed E-state index contributed by atoms with van der Waals surface area (Å²) in [7, 11) is -1.71. The van der Waals surface area contributed by atoms with E-state index in [1.807, 2.05) is 30.3 Å². The maximum absolute atomic E-state index is 13.4. The topological polar surface area (TPSA) is 137 Å². The van der Waals surface area contributed by atoms with Crippen LogP contribution >= 0.6 is 0 Å². The maximum Gasteiger partial charge on any atom is 0.424 e. The lowest BCUT2D eigenvalue weighted by atomic mass is 10.1. The van der Waals surface area contributed by atoms with Gasteiger partial charge in [0.2, 0.25) is 0 Å². The minimum atomic E-state index is -4.42. The molecular formula is C28H34N4O7S. The van der Waals surface area contributed by atoms with Gasteiger partial charge in [-0.15, -0.1) is 0 Å². The number of benzene rings is 2. The van der Waals surface area contributed by atoms with Crippen LogP contribution in [0, 0.1) is 6.92 Å². The summed E-state index contributed by atoms with van der Waals surface area (Å²) in [5.74, 6) is 1.02. The molecule has 0 unspecified atom stereocenters. The van der Waals surface area contributed by atoms with Crippen molar-refractivity contribution in [1.82, 2.24) is 14.3 Å². The SMILES string of the molecule is COC(=O)CN(C(=O)OC(C)(C)C)S(=O)(=O)c1cccc(CCNc2cc(-c3cccc(OC)c3)nc(C)n2)c1. The summed E-state index contributed by atoms with van der Waals surface area (Å²) >= 11 is 0. The van der Waals surface area contributed by atoms with E-state index in [0.717, 1.165) is 24.1 Å². The van der Waals surface area contributed by atoms with Gasteiger partial charge in [0.25, 0.3) is 10.0 Å². The van der Waals surface area contributed by atoms with Crippen molar-refractivity contribution in [2.24, 2.45) is 0 Å². The Balaban J connectivity index is 1.77. The Bertz CT molecular complexity index is 1470. The van der Waals surface area contributed by atoms with Gasteiger partial charge in [-0.1, -0.05) is 24.3 Å². The molecule has 1 aromatic heterocycles. The third-order valence-electron chi connectivity index (χ3n) is 5.51. The number of hydrogen-bond donors (Lipinski definition) is 1. The van der Waals surface area contributed by atoms with Gasteiger partial charge < -0.3 is 19.5 Å². The van der Waals surface area contributed by atoms with E-state index in [4.69, 9.17) is 9.47 Å². The summed E-state index contributed by atoms with van der Waals surface area (Å²) in [5, 5.41) is 3.25. The van der Waals surface area contributed by atoms with Crippen LogP contribution in [0.25, 0.3) is 11.3 Å². The number of methoxy groups -OCH3 is 2. The monoisotopic (exact) mass is 570 g/mol. The Labute approximate surface area is 234 Å². The Morgan fingerprint density at radius 1 is 1.00 bits per heavy atom. The molecule has 1 N–H and O–H groups in total. The molecule has 0 aliphatic carbocycles. The van der Waals surface area contributed by atoms with Gasteiger partial charge >= 0.3 is 12.1 Å². The van der Waals surface area contributed by atoms with Crippen LogP contribution in [0.1, 0.15) is 32.2 Å². The fourth-order valence-corrected chi connectivity index (χ4v) is 4.97. The first-order valence-electron chi connectivity index (χ1n) is 12.5. The van der Waals surface area contributed by atoms with Crippen LogP contribution in [0.5, 0.6) is 5.75 Å². The third kappa shape index (κ3) is 8.15. The van der Waals surface area contributed by atoms with E-state index in [9.17, 15) is 18.0 Å². The van der Waals surface area contributed by atoms with Crippen molar-refractivity contribution in [3.63, 3.8) is 0 Å². The lowest BCUT2D eigenvalue weighted by molar-refractivity contribution is -0.140. The molecule has 0 atom stereocenters. The largest absolute Gasteiger partial charge is 0.497 e. The molecule has 2 aromatic carbocycles. The number of aryl methyl sites for hydroxylation is 1. The highest BCUT2D eigenvalue weighted by Crippen LogP contribution is 2.24. The number of hydrogen-bond acceptors (Lipinski definition) is 10. The van der Waals surface area contributed by atoms with E-state index >= 15 is 0 Å². The third-order valence-corrected chi connectivity index (χ3v) is 7.22. The highest BCUT2D eigenvalue weighted by atomic mass is 32.2.